The highest BCUT2D eigenvalue weighted by Crippen LogP contribution is 1.50. The van der Waals surface area contributed by atoms with Gasteiger partial charge in [-0.25, -0.2) is 0 Å². The van der Waals surface area contributed by atoms with Gasteiger partial charge < -0.3 is 10.8 Å². The summed E-state index contributed by atoms with van der Waals surface area (Å²) in [6.07, 6.45) is -0.667. The fraction of sp³-hybridized carbons (Fsp3) is 1.00. The zero-order valence-electron chi connectivity index (χ0n) is 3.42. The Morgan fingerprint density at radius 2 is 1.67 bits per heavy atom. The fourth-order valence-corrected chi connectivity index (χ4v) is 0. The zero-order chi connectivity index (χ0) is 3.58. The minimum Gasteiger partial charge on any atom is -0.379 e. The van der Waals surface area contributed by atoms with Crippen molar-refractivity contribution in [3.05, 3.63) is 0 Å². The van der Waals surface area contributed by atoms with Crippen LogP contribution in [0.2, 0.25) is 0 Å². The topological polar surface area (TPSA) is 46.2 Å². The molecule has 42 valence electrons. The van der Waals surface area contributed by atoms with Gasteiger partial charge in [0.25, 0.3) is 0 Å². The summed E-state index contributed by atoms with van der Waals surface area (Å²) in [5.74, 6) is 0. The van der Waals surface area contributed by atoms with E-state index >= 15 is 0 Å². The Morgan fingerprint density at radius 1 is 1.67 bits per heavy atom. The third-order valence-corrected chi connectivity index (χ3v) is 0. The number of nitrogens with two attached hydrogens (primary N) is 1. The molecule has 0 bridgehead atoms. The first-order valence-corrected chi connectivity index (χ1v) is 1.17. The predicted octanol–water partition coefficient (Wildman–Crippen LogP) is 0.283. The lowest BCUT2D eigenvalue weighted by Crippen LogP contribution is -2.11. The molecule has 0 radical (unpaired) electrons. The van der Waals surface area contributed by atoms with Gasteiger partial charge in [0.15, 0.2) is 0 Å². The van der Waals surface area contributed by atoms with E-state index in [9.17, 15) is 0 Å². The molecule has 0 aliphatic heterocycles. The molecular formula is C2H9BrClNO. The summed E-state index contributed by atoms with van der Waals surface area (Å²) in [6.45, 7) is 1.50. The summed E-state index contributed by atoms with van der Waals surface area (Å²) < 4.78 is 0. The Bertz CT molecular complexity index is 18.3. The predicted molar refractivity (Wildman–Crippen MR) is 33.4 cm³/mol. The van der Waals surface area contributed by atoms with E-state index < -0.39 is 6.23 Å². The number of halogens is 2. The van der Waals surface area contributed by atoms with Crippen molar-refractivity contribution in [2.75, 3.05) is 0 Å². The van der Waals surface area contributed by atoms with Gasteiger partial charge in [-0.15, -0.1) is 29.4 Å². The molecule has 0 amide bonds. The number of aliphatic hydroxyl groups is 1. The van der Waals surface area contributed by atoms with E-state index in [0.29, 0.717) is 0 Å². The highest BCUT2D eigenvalue weighted by atomic mass is 79.9. The van der Waals surface area contributed by atoms with Crippen LogP contribution in [0, 0.1) is 0 Å². The maximum absolute atomic E-state index is 7.83. The van der Waals surface area contributed by atoms with Gasteiger partial charge in [-0.2, -0.15) is 0 Å². The first-order valence-electron chi connectivity index (χ1n) is 1.17. The Labute approximate surface area is 53.9 Å². The molecule has 0 spiro atoms. The third-order valence-electron chi connectivity index (χ3n) is 0. The lowest BCUT2D eigenvalue weighted by molar-refractivity contribution is 0.203. The maximum atomic E-state index is 7.83. The molecule has 4 heteroatoms. The lowest BCUT2D eigenvalue weighted by Gasteiger charge is -1.82. The average molecular weight is 178 g/mol. The molecule has 2 nitrogen and oxygen atoms in total. The van der Waals surface area contributed by atoms with Crippen LogP contribution in [-0.2, 0) is 0 Å². The van der Waals surface area contributed by atoms with E-state index in [4.69, 9.17) is 5.11 Å². The molecule has 6 heavy (non-hydrogen) atoms. The molecular weight excluding hydrogens is 169 g/mol. The zero-order valence-corrected chi connectivity index (χ0v) is 5.95. The molecule has 0 aromatic carbocycles. The lowest BCUT2D eigenvalue weighted by atomic mass is 10.7. The summed E-state index contributed by atoms with van der Waals surface area (Å²) in [6, 6.07) is 0. The molecule has 0 aliphatic rings. The quantitative estimate of drug-likeness (QED) is 0.524. The maximum Gasteiger partial charge on any atom is 0.0991 e. The monoisotopic (exact) mass is 177 g/mol. The average Bonchev–Trinajstić information content (AvgIpc) is 0.811. The van der Waals surface area contributed by atoms with E-state index in [-0.39, 0.29) is 29.4 Å². The van der Waals surface area contributed by atoms with Crippen LogP contribution in [0.5, 0.6) is 0 Å². The van der Waals surface area contributed by atoms with E-state index in [1.807, 2.05) is 0 Å². The van der Waals surface area contributed by atoms with Crippen LogP contribution >= 0.6 is 29.4 Å². The van der Waals surface area contributed by atoms with Crippen molar-refractivity contribution in [3.8, 4) is 0 Å². The first kappa shape index (κ1) is 15.9. The van der Waals surface area contributed by atoms with E-state index in [0.717, 1.165) is 0 Å². The number of rotatable bonds is 0. The standard InChI is InChI=1S/C2H7NO.BrH.ClH/c1-2(3)4;;/h2,4H,3H2,1H3;2*1H. The molecule has 0 rings (SSSR count). The Hall–Kier alpha value is 0.690. The van der Waals surface area contributed by atoms with Gasteiger partial charge in [0.1, 0.15) is 0 Å². The number of hydrogen-bond donors (Lipinski definition) is 2. The van der Waals surface area contributed by atoms with Crippen molar-refractivity contribution in [1.29, 1.82) is 0 Å². The molecule has 3 N–H and O–H groups in total. The van der Waals surface area contributed by atoms with E-state index in [2.05, 4.69) is 5.73 Å². The Balaban J connectivity index is -0.0000000450. The van der Waals surface area contributed by atoms with Crippen molar-refractivity contribution >= 4 is 29.4 Å². The molecule has 0 heterocycles. The minimum absolute atomic E-state index is 0. The highest BCUT2D eigenvalue weighted by Gasteiger charge is 1.68. The van der Waals surface area contributed by atoms with Gasteiger partial charge >= 0.3 is 0 Å². The first-order chi connectivity index (χ1) is 1.73. The fourth-order valence-electron chi connectivity index (χ4n) is 0. The molecule has 0 aliphatic carbocycles. The number of hydrogen-bond acceptors (Lipinski definition) is 2. The van der Waals surface area contributed by atoms with Crippen molar-refractivity contribution in [1.82, 2.24) is 0 Å². The summed E-state index contributed by atoms with van der Waals surface area (Å²) in [5, 5.41) is 7.83. The highest BCUT2D eigenvalue weighted by molar-refractivity contribution is 8.93. The molecule has 0 aromatic heterocycles. The molecule has 0 saturated carbocycles. The largest absolute Gasteiger partial charge is 0.379 e. The van der Waals surface area contributed by atoms with Crippen LogP contribution in [0.4, 0.5) is 0 Å². The van der Waals surface area contributed by atoms with Crippen molar-refractivity contribution in [3.63, 3.8) is 0 Å². The van der Waals surface area contributed by atoms with Crippen LogP contribution in [0.25, 0.3) is 0 Å². The molecule has 1 unspecified atom stereocenters. The summed E-state index contributed by atoms with van der Waals surface area (Å²) in [7, 11) is 0. The smallest absolute Gasteiger partial charge is 0.0991 e. The minimum atomic E-state index is -0.667. The van der Waals surface area contributed by atoms with Crippen molar-refractivity contribution in [2.24, 2.45) is 5.73 Å². The van der Waals surface area contributed by atoms with Crippen LogP contribution in [0.3, 0.4) is 0 Å². The molecule has 0 fully saturated rings. The van der Waals surface area contributed by atoms with Gasteiger partial charge in [0.05, 0.1) is 6.23 Å². The Morgan fingerprint density at radius 3 is 1.67 bits per heavy atom. The van der Waals surface area contributed by atoms with Crippen LogP contribution in [-0.4, -0.2) is 11.3 Å². The van der Waals surface area contributed by atoms with Crippen molar-refractivity contribution < 1.29 is 5.11 Å². The van der Waals surface area contributed by atoms with Gasteiger partial charge in [-0.05, 0) is 6.92 Å². The normalized spacial score (nSPS) is 10.5. The second-order valence-corrected chi connectivity index (χ2v) is 0.741. The molecule has 0 aromatic rings. The van der Waals surface area contributed by atoms with E-state index in [1.165, 1.54) is 6.92 Å². The van der Waals surface area contributed by atoms with Gasteiger partial charge in [0.2, 0.25) is 0 Å². The third kappa shape index (κ3) is 134. The Kier molecular flexibility index (Phi) is 24.4. The SMILES string of the molecule is Br.CC(N)O.Cl. The van der Waals surface area contributed by atoms with Gasteiger partial charge in [-0.1, -0.05) is 0 Å². The number of aliphatic hydroxyl groups excluding tert-OH is 1. The second-order valence-electron chi connectivity index (χ2n) is 0.741. The summed E-state index contributed by atoms with van der Waals surface area (Å²) >= 11 is 0. The molecule has 1 atom stereocenters. The van der Waals surface area contributed by atoms with Gasteiger partial charge in [-0.3, -0.25) is 0 Å². The summed E-state index contributed by atoms with van der Waals surface area (Å²) in [4.78, 5) is 0. The van der Waals surface area contributed by atoms with E-state index in [1.54, 1.807) is 0 Å². The van der Waals surface area contributed by atoms with Crippen LogP contribution < -0.4 is 5.73 Å². The van der Waals surface area contributed by atoms with Crippen molar-refractivity contribution in [2.45, 2.75) is 13.2 Å². The second kappa shape index (κ2) is 9.19. The van der Waals surface area contributed by atoms with Gasteiger partial charge in [0, 0.05) is 0 Å². The molecule has 0 saturated heterocycles. The van der Waals surface area contributed by atoms with Crippen LogP contribution in [0.1, 0.15) is 6.92 Å². The van der Waals surface area contributed by atoms with Crippen LogP contribution in [0.15, 0.2) is 0 Å². The summed E-state index contributed by atoms with van der Waals surface area (Å²) in [5.41, 5.74) is 4.67.